The Morgan fingerprint density at radius 2 is 1.86 bits per heavy atom. The lowest BCUT2D eigenvalue weighted by Gasteiger charge is -2.20. The number of carbonyl (C=O) groups excluding carboxylic acids is 2. The van der Waals surface area contributed by atoms with Crippen molar-refractivity contribution in [2.75, 3.05) is 6.61 Å². The van der Waals surface area contributed by atoms with Crippen molar-refractivity contribution in [1.29, 1.82) is 0 Å². The summed E-state index contributed by atoms with van der Waals surface area (Å²) in [5, 5.41) is 3.73. The number of aromatic amines is 1. The van der Waals surface area contributed by atoms with E-state index < -0.39 is 5.97 Å². The third-order valence-electron chi connectivity index (χ3n) is 5.68. The molecule has 0 fully saturated rings. The first-order chi connectivity index (χ1) is 14.0. The Balaban J connectivity index is 1.37. The summed E-state index contributed by atoms with van der Waals surface area (Å²) in [4.78, 5) is 28.1. The lowest BCUT2D eigenvalue weighted by atomic mass is 9.89. The highest BCUT2D eigenvalue weighted by molar-refractivity contribution is 6.06. The molecule has 1 amide bonds. The number of amides is 1. The predicted molar refractivity (Wildman–Crippen MR) is 113 cm³/mol. The summed E-state index contributed by atoms with van der Waals surface area (Å²) in [5.74, 6) is -0.794. The Labute approximate surface area is 170 Å². The number of carbonyl (C=O) groups is 2. The van der Waals surface area contributed by atoms with E-state index in [9.17, 15) is 9.59 Å². The van der Waals surface area contributed by atoms with Gasteiger partial charge in [0, 0.05) is 16.6 Å². The molecule has 0 bridgehead atoms. The second-order valence-corrected chi connectivity index (χ2v) is 7.77. The van der Waals surface area contributed by atoms with Crippen LogP contribution >= 0.6 is 0 Å². The molecule has 0 radical (unpaired) electrons. The zero-order valence-corrected chi connectivity index (χ0v) is 16.9. The molecule has 150 valence electrons. The summed E-state index contributed by atoms with van der Waals surface area (Å²) in [6, 6.07) is 13.9. The number of esters is 1. The van der Waals surface area contributed by atoms with Crippen molar-refractivity contribution >= 4 is 22.8 Å². The molecule has 1 aromatic heterocycles. The Bertz CT molecular complexity index is 1070. The highest BCUT2D eigenvalue weighted by Crippen LogP contribution is 2.25. The fraction of sp³-hybridized carbons (Fsp3) is 0.333. The first-order valence-corrected chi connectivity index (χ1v) is 10.2. The summed E-state index contributed by atoms with van der Waals surface area (Å²) in [5.41, 5.74) is 5.98. The number of hydrogen-bond donors (Lipinski definition) is 2. The van der Waals surface area contributed by atoms with Gasteiger partial charge in [0.2, 0.25) is 0 Å². The predicted octanol–water partition coefficient (Wildman–Crippen LogP) is 4.39. The molecule has 0 saturated heterocycles. The van der Waals surface area contributed by atoms with Crippen LogP contribution in [0.4, 0.5) is 0 Å². The molecule has 2 aromatic carbocycles. The molecule has 1 aliphatic rings. The van der Waals surface area contributed by atoms with Crippen molar-refractivity contribution in [3.05, 3.63) is 70.4 Å². The highest BCUT2D eigenvalue weighted by Gasteiger charge is 2.19. The van der Waals surface area contributed by atoms with Crippen LogP contribution in [-0.4, -0.2) is 23.5 Å². The van der Waals surface area contributed by atoms with Crippen LogP contribution in [0.5, 0.6) is 0 Å². The maximum absolute atomic E-state index is 12.5. The van der Waals surface area contributed by atoms with E-state index in [0.29, 0.717) is 5.56 Å². The number of nitrogens with one attached hydrogen (secondary N) is 2. The maximum Gasteiger partial charge on any atom is 0.341 e. The lowest BCUT2D eigenvalue weighted by molar-refractivity contribution is -0.124. The van der Waals surface area contributed by atoms with E-state index in [2.05, 4.69) is 28.5 Å². The van der Waals surface area contributed by atoms with Gasteiger partial charge < -0.3 is 15.0 Å². The van der Waals surface area contributed by atoms with Gasteiger partial charge in [0.05, 0.1) is 11.6 Å². The van der Waals surface area contributed by atoms with Gasteiger partial charge in [-0.15, -0.1) is 0 Å². The van der Waals surface area contributed by atoms with Crippen molar-refractivity contribution < 1.29 is 14.3 Å². The molecule has 3 aromatic rings. The maximum atomic E-state index is 12.5. The van der Waals surface area contributed by atoms with E-state index in [1.54, 1.807) is 0 Å². The van der Waals surface area contributed by atoms with Crippen LogP contribution in [0.1, 0.15) is 58.5 Å². The molecule has 5 nitrogen and oxygen atoms in total. The van der Waals surface area contributed by atoms with Gasteiger partial charge in [-0.1, -0.05) is 36.4 Å². The van der Waals surface area contributed by atoms with Gasteiger partial charge in [-0.25, -0.2) is 4.79 Å². The van der Waals surface area contributed by atoms with Crippen LogP contribution in [0.3, 0.4) is 0 Å². The summed E-state index contributed by atoms with van der Waals surface area (Å²) in [6.07, 6.45) is 4.71. The van der Waals surface area contributed by atoms with Gasteiger partial charge in [-0.3, -0.25) is 4.79 Å². The summed E-state index contributed by atoms with van der Waals surface area (Å²) < 4.78 is 5.29. The van der Waals surface area contributed by atoms with Crippen molar-refractivity contribution in [2.24, 2.45) is 0 Å². The summed E-state index contributed by atoms with van der Waals surface area (Å²) >= 11 is 0. The molecule has 2 N–H and O–H groups in total. The number of rotatable bonds is 5. The SMILES string of the molecule is Cc1[nH]c2ccccc2c1C(=O)OCC(=O)NC(C)c1ccc2c(c1)CCCC2. The van der Waals surface area contributed by atoms with E-state index in [0.717, 1.165) is 35.0 Å². The molecular formula is C24H26N2O3. The Morgan fingerprint density at radius 3 is 2.69 bits per heavy atom. The average molecular weight is 390 g/mol. The lowest BCUT2D eigenvalue weighted by Crippen LogP contribution is -2.31. The van der Waals surface area contributed by atoms with Gasteiger partial charge in [-0.2, -0.15) is 0 Å². The largest absolute Gasteiger partial charge is 0.452 e. The Morgan fingerprint density at radius 1 is 1.10 bits per heavy atom. The number of hydrogen-bond acceptors (Lipinski definition) is 3. The van der Waals surface area contributed by atoms with Crippen molar-refractivity contribution in [2.45, 2.75) is 45.6 Å². The minimum absolute atomic E-state index is 0.136. The van der Waals surface area contributed by atoms with E-state index in [1.165, 1.54) is 24.0 Å². The van der Waals surface area contributed by atoms with Gasteiger partial charge in [0.25, 0.3) is 5.91 Å². The zero-order valence-electron chi connectivity index (χ0n) is 16.9. The number of aryl methyl sites for hydroxylation is 3. The molecule has 4 rings (SSSR count). The quantitative estimate of drug-likeness (QED) is 0.635. The number of H-pyrrole nitrogens is 1. The molecule has 1 unspecified atom stereocenters. The van der Waals surface area contributed by atoms with Crippen LogP contribution in [0.2, 0.25) is 0 Å². The molecule has 0 spiro atoms. The van der Waals surface area contributed by atoms with Crippen LogP contribution in [0, 0.1) is 6.92 Å². The van der Waals surface area contributed by atoms with Gasteiger partial charge in [-0.05, 0) is 62.3 Å². The molecular weight excluding hydrogens is 364 g/mol. The number of ether oxygens (including phenoxy) is 1. The first kappa shape index (κ1) is 19.2. The average Bonchev–Trinajstić information content (AvgIpc) is 3.07. The minimum Gasteiger partial charge on any atom is -0.452 e. The second kappa shape index (κ2) is 8.11. The van der Waals surface area contributed by atoms with E-state index >= 15 is 0 Å². The normalized spacial score (nSPS) is 14.3. The molecule has 29 heavy (non-hydrogen) atoms. The van der Waals surface area contributed by atoms with Gasteiger partial charge in [0.1, 0.15) is 0 Å². The smallest absolute Gasteiger partial charge is 0.341 e. The fourth-order valence-electron chi connectivity index (χ4n) is 4.13. The minimum atomic E-state index is -0.489. The van der Waals surface area contributed by atoms with Crippen LogP contribution in [0.25, 0.3) is 10.9 Å². The van der Waals surface area contributed by atoms with Crippen molar-refractivity contribution in [3.8, 4) is 0 Å². The number of benzene rings is 2. The third-order valence-corrected chi connectivity index (χ3v) is 5.68. The van der Waals surface area contributed by atoms with Crippen molar-refractivity contribution in [1.82, 2.24) is 10.3 Å². The monoisotopic (exact) mass is 390 g/mol. The van der Waals surface area contributed by atoms with E-state index in [-0.39, 0.29) is 18.6 Å². The summed E-state index contributed by atoms with van der Waals surface area (Å²) in [6.45, 7) is 3.48. The van der Waals surface area contributed by atoms with Crippen molar-refractivity contribution in [3.63, 3.8) is 0 Å². The highest BCUT2D eigenvalue weighted by atomic mass is 16.5. The number of aromatic nitrogens is 1. The number of fused-ring (bicyclic) bond motifs is 2. The fourth-order valence-corrected chi connectivity index (χ4v) is 4.13. The molecule has 0 aliphatic heterocycles. The van der Waals surface area contributed by atoms with Gasteiger partial charge in [0.15, 0.2) is 6.61 Å². The van der Waals surface area contributed by atoms with E-state index in [4.69, 9.17) is 4.74 Å². The Hall–Kier alpha value is -3.08. The van der Waals surface area contributed by atoms with Crippen LogP contribution in [-0.2, 0) is 22.4 Å². The standard InChI is InChI=1S/C24H26N2O3/c1-15(18-12-11-17-7-3-4-8-19(17)13-18)26-22(27)14-29-24(28)23-16(2)25-21-10-6-5-9-20(21)23/h5-6,9-13,15,25H,3-4,7-8,14H2,1-2H3,(H,26,27). The molecule has 1 atom stereocenters. The number of para-hydroxylation sites is 1. The molecule has 1 heterocycles. The van der Waals surface area contributed by atoms with Gasteiger partial charge >= 0.3 is 5.97 Å². The van der Waals surface area contributed by atoms with E-state index in [1.807, 2.05) is 38.1 Å². The summed E-state index contributed by atoms with van der Waals surface area (Å²) in [7, 11) is 0. The van der Waals surface area contributed by atoms with Crippen LogP contribution in [0.15, 0.2) is 42.5 Å². The Kier molecular flexibility index (Phi) is 5.38. The molecule has 1 aliphatic carbocycles. The second-order valence-electron chi connectivity index (χ2n) is 7.77. The zero-order chi connectivity index (χ0) is 20.4. The topological polar surface area (TPSA) is 71.2 Å². The molecule has 5 heteroatoms. The van der Waals surface area contributed by atoms with Crippen LogP contribution < -0.4 is 5.32 Å². The third kappa shape index (κ3) is 4.04. The molecule has 0 saturated carbocycles. The first-order valence-electron chi connectivity index (χ1n) is 10.2.